The Morgan fingerprint density at radius 2 is 1.96 bits per heavy atom. The summed E-state index contributed by atoms with van der Waals surface area (Å²) in [5.74, 6) is -1.75. The van der Waals surface area contributed by atoms with Crippen molar-refractivity contribution in [2.75, 3.05) is 0 Å². The number of allylic oxidation sites excluding steroid dienone is 1. The second-order valence-corrected chi connectivity index (χ2v) is 4.51. The van der Waals surface area contributed by atoms with E-state index in [1.807, 2.05) is 0 Å². The fourth-order valence-corrected chi connectivity index (χ4v) is 1.70. The van der Waals surface area contributed by atoms with E-state index in [0.29, 0.717) is 12.1 Å². The molecule has 2 aromatic rings. The van der Waals surface area contributed by atoms with Crippen LogP contribution in [0.15, 0.2) is 52.1 Å². The fraction of sp³-hybridized carbons (Fsp3) is 0.133. The standard InChI is InChI=1S/C15H11F5N2O/c16-10-4-3-9(11(17)6-10)8-22-14(15(18,19)20)7-12(21)13-2-1-5-23-13/h1-7H,8,21H2. The average Bonchev–Trinajstić information content (AvgIpc) is 2.97. The normalized spacial score (nSPS) is 13.4. The summed E-state index contributed by atoms with van der Waals surface area (Å²) in [4.78, 5) is 3.34. The third kappa shape index (κ3) is 4.41. The predicted octanol–water partition coefficient (Wildman–Crippen LogP) is 4.06. The molecule has 0 amide bonds. The SMILES string of the molecule is NC(=CC(=NCc1ccc(F)cc1F)C(F)(F)F)c1ccco1. The summed E-state index contributed by atoms with van der Waals surface area (Å²) in [5.41, 5.74) is 3.78. The Morgan fingerprint density at radius 1 is 1.22 bits per heavy atom. The van der Waals surface area contributed by atoms with Crippen molar-refractivity contribution >= 4 is 11.4 Å². The molecule has 122 valence electrons. The number of halogens is 5. The highest BCUT2D eigenvalue weighted by Gasteiger charge is 2.34. The number of hydrogen-bond donors (Lipinski definition) is 1. The molecule has 0 aliphatic carbocycles. The lowest BCUT2D eigenvalue weighted by atomic mass is 10.2. The van der Waals surface area contributed by atoms with Crippen molar-refractivity contribution in [2.24, 2.45) is 10.7 Å². The minimum absolute atomic E-state index is 0.0508. The van der Waals surface area contributed by atoms with Crippen molar-refractivity contribution in [3.8, 4) is 0 Å². The molecular formula is C15H11F5N2O. The van der Waals surface area contributed by atoms with E-state index in [0.717, 1.165) is 12.1 Å². The number of nitrogens with two attached hydrogens (primary N) is 1. The van der Waals surface area contributed by atoms with E-state index in [1.165, 1.54) is 18.4 Å². The van der Waals surface area contributed by atoms with Crippen LogP contribution in [0.3, 0.4) is 0 Å². The van der Waals surface area contributed by atoms with Gasteiger partial charge in [0.2, 0.25) is 0 Å². The van der Waals surface area contributed by atoms with Crippen molar-refractivity contribution < 1.29 is 26.4 Å². The number of benzene rings is 1. The van der Waals surface area contributed by atoms with Gasteiger partial charge in [-0.3, -0.25) is 4.99 Å². The first-order valence-corrected chi connectivity index (χ1v) is 6.34. The molecule has 0 aliphatic heterocycles. The van der Waals surface area contributed by atoms with Gasteiger partial charge >= 0.3 is 6.18 Å². The molecule has 0 fully saturated rings. The number of hydrogen-bond acceptors (Lipinski definition) is 3. The van der Waals surface area contributed by atoms with Gasteiger partial charge in [0, 0.05) is 11.6 Å². The molecule has 0 aliphatic rings. The van der Waals surface area contributed by atoms with Crippen LogP contribution in [0.5, 0.6) is 0 Å². The molecule has 0 saturated heterocycles. The van der Waals surface area contributed by atoms with Gasteiger partial charge in [-0.2, -0.15) is 13.2 Å². The van der Waals surface area contributed by atoms with Gasteiger partial charge in [0.15, 0.2) is 0 Å². The van der Waals surface area contributed by atoms with Crippen LogP contribution in [0.25, 0.3) is 5.70 Å². The van der Waals surface area contributed by atoms with E-state index < -0.39 is 30.1 Å². The van der Waals surface area contributed by atoms with Crippen molar-refractivity contribution in [3.63, 3.8) is 0 Å². The van der Waals surface area contributed by atoms with Gasteiger partial charge in [-0.1, -0.05) is 6.07 Å². The van der Waals surface area contributed by atoms with Gasteiger partial charge in [-0.15, -0.1) is 0 Å². The third-order valence-electron chi connectivity index (χ3n) is 2.82. The molecule has 8 heteroatoms. The maximum absolute atomic E-state index is 13.4. The Balaban J connectivity index is 2.30. The number of aliphatic imine (C=N–C) groups is 1. The summed E-state index contributed by atoms with van der Waals surface area (Å²) in [6, 6.07) is 5.40. The minimum Gasteiger partial charge on any atom is -0.463 e. The average molecular weight is 330 g/mol. The van der Waals surface area contributed by atoms with Crippen LogP contribution in [0, 0.1) is 11.6 Å². The van der Waals surface area contributed by atoms with Crippen LogP contribution in [0.4, 0.5) is 22.0 Å². The zero-order valence-corrected chi connectivity index (χ0v) is 11.6. The highest BCUT2D eigenvalue weighted by atomic mass is 19.4. The molecule has 0 spiro atoms. The summed E-state index contributed by atoms with van der Waals surface area (Å²) in [5, 5.41) is 0. The molecule has 2 rings (SSSR count). The molecule has 1 aromatic heterocycles. The number of nitrogens with zero attached hydrogens (tertiary/aromatic N) is 1. The van der Waals surface area contributed by atoms with E-state index in [-0.39, 0.29) is 17.0 Å². The minimum atomic E-state index is -4.78. The van der Waals surface area contributed by atoms with E-state index in [2.05, 4.69) is 4.99 Å². The fourth-order valence-electron chi connectivity index (χ4n) is 1.70. The molecule has 0 saturated carbocycles. The highest BCUT2D eigenvalue weighted by Crippen LogP contribution is 2.22. The topological polar surface area (TPSA) is 51.5 Å². The van der Waals surface area contributed by atoms with Gasteiger partial charge in [-0.25, -0.2) is 8.78 Å². The van der Waals surface area contributed by atoms with Gasteiger partial charge < -0.3 is 10.2 Å². The second kappa shape index (κ2) is 6.64. The maximum Gasteiger partial charge on any atom is 0.432 e. The molecule has 1 aromatic carbocycles. The van der Waals surface area contributed by atoms with E-state index >= 15 is 0 Å². The summed E-state index contributed by atoms with van der Waals surface area (Å²) >= 11 is 0. The van der Waals surface area contributed by atoms with Crippen molar-refractivity contribution in [1.29, 1.82) is 0 Å². The molecule has 2 N–H and O–H groups in total. The maximum atomic E-state index is 13.4. The second-order valence-electron chi connectivity index (χ2n) is 4.51. The summed E-state index contributed by atoms with van der Waals surface area (Å²) < 4.78 is 70.0. The highest BCUT2D eigenvalue weighted by molar-refractivity contribution is 6.03. The Morgan fingerprint density at radius 3 is 2.52 bits per heavy atom. The number of furan rings is 1. The smallest absolute Gasteiger partial charge is 0.432 e. The largest absolute Gasteiger partial charge is 0.463 e. The Labute approximate surface area is 127 Å². The molecule has 0 bridgehead atoms. The monoisotopic (exact) mass is 330 g/mol. The van der Waals surface area contributed by atoms with Crippen molar-refractivity contribution in [1.82, 2.24) is 0 Å². The van der Waals surface area contributed by atoms with Gasteiger partial charge in [0.05, 0.1) is 18.5 Å². The Bertz CT molecular complexity index is 733. The molecule has 23 heavy (non-hydrogen) atoms. The van der Waals surface area contributed by atoms with Crippen LogP contribution >= 0.6 is 0 Å². The van der Waals surface area contributed by atoms with E-state index in [1.54, 1.807) is 0 Å². The van der Waals surface area contributed by atoms with Crippen LogP contribution in [-0.2, 0) is 6.54 Å². The Kier molecular flexibility index (Phi) is 4.83. The third-order valence-corrected chi connectivity index (χ3v) is 2.82. The first kappa shape index (κ1) is 16.7. The van der Waals surface area contributed by atoms with Gasteiger partial charge in [0.25, 0.3) is 0 Å². The van der Waals surface area contributed by atoms with Crippen molar-refractivity contribution in [2.45, 2.75) is 12.7 Å². The van der Waals surface area contributed by atoms with E-state index in [4.69, 9.17) is 10.2 Å². The first-order chi connectivity index (χ1) is 10.8. The number of rotatable bonds is 4. The lowest BCUT2D eigenvalue weighted by Gasteiger charge is -2.08. The molecule has 1 heterocycles. The van der Waals surface area contributed by atoms with Gasteiger partial charge in [0.1, 0.15) is 23.1 Å². The predicted molar refractivity (Wildman–Crippen MR) is 74.4 cm³/mol. The summed E-state index contributed by atoms with van der Waals surface area (Å²) in [6.07, 6.45) is -2.93. The van der Waals surface area contributed by atoms with Crippen LogP contribution in [0.2, 0.25) is 0 Å². The molecular weight excluding hydrogens is 319 g/mol. The van der Waals surface area contributed by atoms with Gasteiger partial charge in [-0.05, 0) is 24.3 Å². The van der Waals surface area contributed by atoms with Crippen LogP contribution in [0.1, 0.15) is 11.3 Å². The summed E-state index contributed by atoms with van der Waals surface area (Å²) in [6.45, 7) is -0.608. The molecule has 3 nitrogen and oxygen atoms in total. The zero-order chi connectivity index (χ0) is 17.0. The molecule has 0 atom stereocenters. The first-order valence-electron chi connectivity index (χ1n) is 6.34. The Hall–Kier alpha value is -2.64. The summed E-state index contributed by atoms with van der Waals surface area (Å²) in [7, 11) is 0. The lowest BCUT2D eigenvalue weighted by Crippen LogP contribution is -2.22. The molecule has 0 unspecified atom stereocenters. The quantitative estimate of drug-likeness (QED) is 0.679. The van der Waals surface area contributed by atoms with E-state index in [9.17, 15) is 22.0 Å². The lowest BCUT2D eigenvalue weighted by molar-refractivity contribution is -0.0579. The van der Waals surface area contributed by atoms with Crippen LogP contribution in [-0.4, -0.2) is 11.9 Å². The molecule has 0 radical (unpaired) electrons. The zero-order valence-electron chi connectivity index (χ0n) is 11.6. The van der Waals surface area contributed by atoms with Crippen LogP contribution < -0.4 is 5.73 Å². The number of alkyl halides is 3. The van der Waals surface area contributed by atoms with Crippen molar-refractivity contribution in [3.05, 3.63) is 65.6 Å².